The summed E-state index contributed by atoms with van der Waals surface area (Å²) in [6.45, 7) is 3.88. The van der Waals surface area contributed by atoms with Gasteiger partial charge in [-0.15, -0.1) is 0 Å². The third-order valence-corrected chi connectivity index (χ3v) is 5.22. The number of hydrogen-bond acceptors (Lipinski definition) is 4. The van der Waals surface area contributed by atoms with E-state index in [2.05, 4.69) is 9.80 Å². The van der Waals surface area contributed by atoms with Crippen LogP contribution in [0.1, 0.15) is 0 Å². The monoisotopic (exact) mass is 380 g/mol. The molecule has 1 heterocycles. The van der Waals surface area contributed by atoms with Gasteiger partial charge in [-0.05, 0) is 23.6 Å². The Morgan fingerprint density at radius 1 is 0.893 bits per heavy atom. The van der Waals surface area contributed by atoms with Gasteiger partial charge < -0.3 is 14.7 Å². The molecule has 3 aromatic rings. The zero-order valence-corrected chi connectivity index (χ0v) is 15.8. The number of para-hydroxylation sites is 1. The summed E-state index contributed by atoms with van der Waals surface area (Å²) >= 11 is 0. The maximum atomic E-state index is 13.9. The Bertz CT molecular complexity index is 920. The van der Waals surface area contributed by atoms with E-state index in [1.165, 1.54) is 6.07 Å². The Labute approximate surface area is 164 Å². The molecule has 1 N–H and O–H groups in total. The minimum atomic E-state index is -0.570. The summed E-state index contributed by atoms with van der Waals surface area (Å²) in [5.41, 5.74) is 0.655. The summed E-state index contributed by atoms with van der Waals surface area (Å²) in [6.07, 6.45) is -0.570. The molecule has 0 amide bonds. The number of aliphatic hydroxyl groups is 1. The Kier molecular flexibility index (Phi) is 5.74. The smallest absolute Gasteiger partial charge is 0.146 e. The molecule has 1 saturated heterocycles. The van der Waals surface area contributed by atoms with E-state index in [1.54, 1.807) is 6.07 Å². The summed E-state index contributed by atoms with van der Waals surface area (Å²) < 4.78 is 19.8. The molecule has 0 radical (unpaired) electrons. The summed E-state index contributed by atoms with van der Waals surface area (Å²) in [6, 6.07) is 20.9. The van der Waals surface area contributed by atoms with Gasteiger partial charge in [-0.2, -0.15) is 0 Å². The number of ether oxygens (including phenoxy) is 1. The molecule has 0 saturated carbocycles. The number of halogens is 1. The molecule has 1 atom stereocenters. The van der Waals surface area contributed by atoms with E-state index < -0.39 is 6.10 Å². The summed E-state index contributed by atoms with van der Waals surface area (Å²) in [4.78, 5) is 4.26. The van der Waals surface area contributed by atoms with Crippen molar-refractivity contribution in [2.75, 3.05) is 44.2 Å². The number of β-amino-alcohol motifs (C(OH)–C–C–N with tert-alkyl or cyclic N) is 1. The fourth-order valence-corrected chi connectivity index (χ4v) is 3.74. The van der Waals surface area contributed by atoms with E-state index in [1.807, 2.05) is 54.6 Å². The molecular formula is C23H25FN2O2. The van der Waals surface area contributed by atoms with Crippen molar-refractivity contribution in [3.63, 3.8) is 0 Å². The lowest BCUT2D eigenvalue weighted by atomic mass is 10.1. The van der Waals surface area contributed by atoms with Crippen LogP contribution in [0.3, 0.4) is 0 Å². The molecule has 0 unspecified atom stereocenters. The van der Waals surface area contributed by atoms with Crippen molar-refractivity contribution in [2.24, 2.45) is 0 Å². The summed E-state index contributed by atoms with van der Waals surface area (Å²) in [5, 5.41) is 12.6. The number of anilines is 1. The van der Waals surface area contributed by atoms with Crippen LogP contribution >= 0.6 is 0 Å². The first-order valence-corrected chi connectivity index (χ1v) is 9.71. The van der Waals surface area contributed by atoms with Crippen molar-refractivity contribution >= 4 is 16.5 Å². The minimum absolute atomic E-state index is 0.181. The van der Waals surface area contributed by atoms with Gasteiger partial charge in [0.25, 0.3) is 0 Å². The fraction of sp³-hybridized carbons (Fsp3) is 0.304. The lowest BCUT2D eigenvalue weighted by molar-refractivity contribution is 0.0668. The predicted molar refractivity (Wildman–Crippen MR) is 111 cm³/mol. The highest BCUT2D eigenvalue weighted by molar-refractivity contribution is 5.88. The molecule has 1 fully saturated rings. The van der Waals surface area contributed by atoms with Crippen LogP contribution in [0, 0.1) is 5.82 Å². The first-order valence-electron chi connectivity index (χ1n) is 9.71. The van der Waals surface area contributed by atoms with Crippen molar-refractivity contribution in [2.45, 2.75) is 6.10 Å². The fourth-order valence-electron chi connectivity index (χ4n) is 3.74. The van der Waals surface area contributed by atoms with Gasteiger partial charge in [0.05, 0.1) is 5.69 Å². The number of aliphatic hydroxyl groups excluding tert-OH is 1. The highest BCUT2D eigenvalue weighted by Crippen LogP contribution is 2.25. The van der Waals surface area contributed by atoms with Gasteiger partial charge in [0.1, 0.15) is 24.3 Å². The molecule has 0 spiro atoms. The predicted octanol–water partition coefficient (Wildman–Crippen LogP) is 3.54. The van der Waals surface area contributed by atoms with Crippen molar-refractivity contribution in [1.29, 1.82) is 0 Å². The number of fused-ring (bicyclic) bond motifs is 1. The van der Waals surface area contributed by atoms with Crippen LogP contribution in [-0.2, 0) is 0 Å². The van der Waals surface area contributed by atoms with Crippen LogP contribution < -0.4 is 9.64 Å². The van der Waals surface area contributed by atoms with Gasteiger partial charge in [-0.25, -0.2) is 4.39 Å². The molecular weight excluding hydrogens is 355 g/mol. The average molecular weight is 380 g/mol. The van der Waals surface area contributed by atoms with Crippen LogP contribution in [0.2, 0.25) is 0 Å². The third kappa shape index (κ3) is 4.26. The van der Waals surface area contributed by atoms with E-state index in [9.17, 15) is 9.50 Å². The van der Waals surface area contributed by atoms with Crippen LogP contribution in [0.5, 0.6) is 5.75 Å². The Morgan fingerprint density at radius 2 is 1.61 bits per heavy atom. The number of rotatable bonds is 6. The molecule has 5 heteroatoms. The molecule has 3 aromatic carbocycles. The van der Waals surface area contributed by atoms with Gasteiger partial charge >= 0.3 is 0 Å². The van der Waals surface area contributed by atoms with Gasteiger partial charge in [0.2, 0.25) is 0 Å². The van der Waals surface area contributed by atoms with Crippen molar-refractivity contribution in [3.8, 4) is 5.75 Å². The molecule has 0 aliphatic carbocycles. The lowest BCUT2D eigenvalue weighted by Gasteiger charge is -2.36. The van der Waals surface area contributed by atoms with E-state index in [4.69, 9.17) is 4.74 Å². The zero-order chi connectivity index (χ0) is 19.3. The number of hydrogen-bond donors (Lipinski definition) is 1. The molecule has 4 rings (SSSR count). The summed E-state index contributed by atoms with van der Waals surface area (Å²) in [5.74, 6) is 0.612. The van der Waals surface area contributed by atoms with Crippen molar-refractivity contribution in [1.82, 2.24) is 4.90 Å². The second-order valence-corrected chi connectivity index (χ2v) is 7.18. The topological polar surface area (TPSA) is 35.9 Å². The standard InChI is InChI=1S/C23H25FN2O2/c24-21-9-3-4-10-22(21)26-14-12-25(13-15-26)16-19(27)17-28-23-11-5-7-18-6-1-2-8-20(18)23/h1-11,19,27H,12-17H2/t19-/m0/s1. The van der Waals surface area contributed by atoms with Gasteiger partial charge in [-0.1, -0.05) is 48.5 Å². The molecule has 0 aromatic heterocycles. The molecule has 146 valence electrons. The SMILES string of the molecule is O[C@H](COc1cccc2ccccc12)CN1CCN(c2ccccc2F)CC1. The first-order chi connectivity index (χ1) is 13.7. The molecule has 1 aliphatic rings. The quantitative estimate of drug-likeness (QED) is 0.710. The molecule has 0 bridgehead atoms. The van der Waals surface area contributed by atoms with Crippen LogP contribution in [0.15, 0.2) is 66.7 Å². The maximum absolute atomic E-state index is 13.9. The largest absolute Gasteiger partial charge is 0.490 e. The second kappa shape index (κ2) is 8.59. The van der Waals surface area contributed by atoms with Gasteiger partial charge in [0, 0.05) is 38.1 Å². The first kappa shape index (κ1) is 18.7. The van der Waals surface area contributed by atoms with Crippen LogP contribution in [0.25, 0.3) is 10.8 Å². The molecule has 4 nitrogen and oxygen atoms in total. The molecule has 28 heavy (non-hydrogen) atoms. The lowest BCUT2D eigenvalue weighted by Crippen LogP contribution is -2.49. The zero-order valence-electron chi connectivity index (χ0n) is 15.8. The summed E-state index contributed by atoms with van der Waals surface area (Å²) in [7, 11) is 0. The number of benzene rings is 3. The highest BCUT2D eigenvalue weighted by Gasteiger charge is 2.21. The maximum Gasteiger partial charge on any atom is 0.146 e. The normalized spacial score (nSPS) is 16.3. The third-order valence-electron chi connectivity index (χ3n) is 5.22. The van der Waals surface area contributed by atoms with Crippen LogP contribution in [-0.4, -0.2) is 55.4 Å². The Balaban J connectivity index is 1.28. The van der Waals surface area contributed by atoms with Gasteiger partial charge in [0.15, 0.2) is 0 Å². The van der Waals surface area contributed by atoms with E-state index >= 15 is 0 Å². The van der Waals surface area contributed by atoms with Crippen LogP contribution in [0.4, 0.5) is 10.1 Å². The van der Waals surface area contributed by atoms with E-state index in [-0.39, 0.29) is 12.4 Å². The molecule has 1 aliphatic heterocycles. The Hall–Kier alpha value is -2.63. The van der Waals surface area contributed by atoms with E-state index in [0.29, 0.717) is 12.2 Å². The van der Waals surface area contributed by atoms with Crippen molar-refractivity contribution in [3.05, 3.63) is 72.5 Å². The van der Waals surface area contributed by atoms with Crippen molar-refractivity contribution < 1.29 is 14.2 Å². The van der Waals surface area contributed by atoms with Gasteiger partial charge in [-0.3, -0.25) is 4.90 Å². The average Bonchev–Trinajstić information content (AvgIpc) is 2.73. The highest BCUT2D eigenvalue weighted by atomic mass is 19.1. The number of piperazine rings is 1. The Morgan fingerprint density at radius 3 is 2.43 bits per heavy atom. The number of nitrogens with zero attached hydrogens (tertiary/aromatic N) is 2. The van der Waals surface area contributed by atoms with E-state index in [0.717, 1.165) is 42.7 Å². The minimum Gasteiger partial charge on any atom is -0.490 e. The second-order valence-electron chi connectivity index (χ2n) is 7.18.